The third-order valence-electron chi connectivity index (χ3n) is 3.55. The van der Waals surface area contributed by atoms with E-state index >= 15 is 0 Å². The topological polar surface area (TPSA) is 54.9 Å². The van der Waals surface area contributed by atoms with Gasteiger partial charge in [0.25, 0.3) is 5.91 Å². The van der Waals surface area contributed by atoms with Crippen LogP contribution in [0.4, 0.5) is 5.69 Å². The first kappa shape index (κ1) is 18.9. The Bertz CT molecular complexity index is 738. The molecule has 0 aliphatic heterocycles. The van der Waals surface area contributed by atoms with Crippen LogP contribution in [0.1, 0.15) is 18.5 Å². The van der Waals surface area contributed by atoms with Crippen molar-refractivity contribution in [3.63, 3.8) is 0 Å². The Labute approximate surface area is 156 Å². The minimum Gasteiger partial charge on any atom is -0.495 e. The van der Waals surface area contributed by atoms with Gasteiger partial charge in [0.15, 0.2) is 6.54 Å². The fraction of sp³-hybridized carbons (Fsp3) is 0.235. The first-order chi connectivity index (χ1) is 11.4. The molecule has 2 aromatic rings. The molecule has 0 saturated heterocycles. The maximum atomic E-state index is 12.1. The zero-order chi connectivity index (χ0) is 17.7. The number of amides is 1. The Morgan fingerprint density at radius 2 is 1.92 bits per heavy atom. The molecular formula is C17H18Cl3N2O2+. The largest absolute Gasteiger partial charge is 0.495 e. The maximum absolute atomic E-state index is 12.1. The minimum atomic E-state index is -0.131. The van der Waals surface area contributed by atoms with Crippen LogP contribution in [0.3, 0.4) is 0 Å². The zero-order valence-electron chi connectivity index (χ0n) is 13.3. The number of carbonyl (C=O) groups excluding carboxylic acids is 1. The standard InChI is InChI=1S/C17H17Cl3N2O2/c1-10(13-5-3-11(18)7-14(13)19)21-9-17(23)22-12-4-6-16(24-2)15(20)8-12/h3-8,10,21H,9H2,1-2H3,(H,22,23)/p+1/t10-/m0/s1. The van der Waals surface area contributed by atoms with Crippen molar-refractivity contribution in [3.8, 4) is 5.75 Å². The van der Waals surface area contributed by atoms with Crippen LogP contribution < -0.4 is 15.4 Å². The number of rotatable bonds is 6. The summed E-state index contributed by atoms with van der Waals surface area (Å²) in [7, 11) is 1.54. The second-order valence-electron chi connectivity index (χ2n) is 5.29. The zero-order valence-corrected chi connectivity index (χ0v) is 15.5. The number of nitrogens with one attached hydrogen (secondary N) is 1. The Balaban J connectivity index is 1.92. The van der Waals surface area contributed by atoms with Crippen molar-refractivity contribution in [2.24, 2.45) is 0 Å². The first-order valence-corrected chi connectivity index (χ1v) is 8.45. The summed E-state index contributed by atoms with van der Waals surface area (Å²) in [4.78, 5) is 12.1. The van der Waals surface area contributed by atoms with Crippen LogP contribution in [0.5, 0.6) is 5.75 Å². The molecule has 0 aliphatic rings. The fourth-order valence-electron chi connectivity index (χ4n) is 2.24. The van der Waals surface area contributed by atoms with Crippen molar-refractivity contribution < 1.29 is 14.8 Å². The molecule has 0 aliphatic carbocycles. The van der Waals surface area contributed by atoms with Gasteiger partial charge >= 0.3 is 0 Å². The molecule has 1 amide bonds. The Morgan fingerprint density at radius 3 is 2.54 bits per heavy atom. The highest BCUT2D eigenvalue weighted by Crippen LogP contribution is 2.27. The van der Waals surface area contributed by atoms with Crippen molar-refractivity contribution in [1.82, 2.24) is 0 Å². The van der Waals surface area contributed by atoms with E-state index in [0.717, 1.165) is 5.56 Å². The number of methoxy groups -OCH3 is 1. The van der Waals surface area contributed by atoms with Gasteiger partial charge in [-0.3, -0.25) is 4.79 Å². The Hall–Kier alpha value is -1.46. The highest BCUT2D eigenvalue weighted by molar-refractivity contribution is 6.35. The molecule has 0 radical (unpaired) electrons. The molecule has 0 saturated carbocycles. The van der Waals surface area contributed by atoms with Crippen molar-refractivity contribution in [1.29, 1.82) is 0 Å². The van der Waals surface area contributed by atoms with Gasteiger partial charge < -0.3 is 15.4 Å². The number of nitrogens with two attached hydrogens (primary N) is 1. The number of benzene rings is 2. The first-order valence-electron chi connectivity index (χ1n) is 7.32. The average molecular weight is 389 g/mol. The van der Waals surface area contributed by atoms with E-state index in [-0.39, 0.29) is 18.5 Å². The highest BCUT2D eigenvalue weighted by atomic mass is 35.5. The Morgan fingerprint density at radius 1 is 1.17 bits per heavy atom. The molecule has 7 heteroatoms. The lowest BCUT2D eigenvalue weighted by Gasteiger charge is -2.13. The van der Waals surface area contributed by atoms with Crippen LogP contribution in [0, 0.1) is 0 Å². The van der Waals surface area contributed by atoms with Gasteiger partial charge in [0.1, 0.15) is 11.8 Å². The monoisotopic (exact) mass is 387 g/mol. The van der Waals surface area contributed by atoms with Gasteiger partial charge in [-0.2, -0.15) is 0 Å². The van der Waals surface area contributed by atoms with E-state index in [9.17, 15) is 4.79 Å². The number of hydrogen-bond acceptors (Lipinski definition) is 2. The SMILES string of the molecule is COc1ccc(NC(=O)C[NH2+][C@@H](C)c2ccc(Cl)cc2Cl)cc1Cl. The van der Waals surface area contributed by atoms with E-state index in [1.165, 1.54) is 7.11 Å². The van der Waals surface area contributed by atoms with E-state index in [0.29, 0.717) is 26.5 Å². The molecule has 24 heavy (non-hydrogen) atoms. The molecule has 2 aromatic carbocycles. The van der Waals surface area contributed by atoms with Crippen molar-refractivity contribution >= 4 is 46.4 Å². The molecule has 0 aromatic heterocycles. The lowest BCUT2D eigenvalue weighted by molar-refractivity contribution is -0.682. The molecule has 128 valence electrons. The average Bonchev–Trinajstić information content (AvgIpc) is 2.53. The van der Waals surface area contributed by atoms with E-state index in [1.807, 2.05) is 18.3 Å². The highest BCUT2D eigenvalue weighted by Gasteiger charge is 2.15. The summed E-state index contributed by atoms with van der Waals surface area (Å²) in [5.41, 5.74) is 1.55. The van der Waals surface area contributed by atoms with E-state index < -0.39 is 0 Å². The van der Waals surface area contributed by atoms with Crippen LogP contribution in [-0.4, -0.2) is 19.6 Å². The predicted octanol–water partition coefficient (Wildman–Crippen LogP) is 3.92. The van der Waals surface area contributed by atoms with Gasteiger partial charge in [-0.05, 0) is 37.3 Å². The summed E-state index contributed by atoms with van der Waals surface area (Å²) in [5.74, 6) is 0.431. The summed E-state index contributed by atoms with van der Waals surface area (Å²) in [6.07, 6.45) is 0. The molecule has 0 fully saturated rings. The molecule has 0 heterocycles. The quantitative estimate of drug-likeness (QED) is 0.788. The summed E-state index contributed by atoms with van der Waals surface area (Å²) >= 11 is 18.1. The number of quaternary nitrogens is 1. The van der Waals surface area contributed by atoms with Gasteiger partial charge in [0.2, 0.25) is 0 Å². The normalized spacial score (nSPS) is 11.9. The lowest BCUT2D eigenvalue weighted by atomic mass is 10.1. The van der Waals surface area contributed by atoms with E-state index in [1.54, 1.807) is 30.3 Å². The van der Waals surface area contributed by atoms with E-state index in [2.05, 4.69) is 5.32 Å². The molecule has 0 bridgehead atoms. The fourth-order valence-corrected chi connectivity index (χ4v) is 3.08. The number of anilines is 1. The third-order valence-corrected chi connectivity index (χ3v) is 4.40. The maximum Gasteiger partial charge on any atom is 0.279 e. The van der Waals surface area contributed by atoms with Crippen LogP contribution in [0.15, 0.2) is 36.4 Å². The summed E-state index contributed by atoms with van der Waals surface area (Å²) in [6.45, 7) is 2.23. The number of carbonyl (C=O) groups is 1. The number of ether oxygens (including phenoxy) is 1. The van der Waals surface area contributed by atoms with Gasteiger partial charge in [0.05, 0.1) is 17.2 Å². The molecule has 0 spiro atoms. The van der Waals surface area contributed by atoms with E-state index in [4.69, 9.17) is 39.5 Å². The summed E-state index contributed by atoms with van der Waals surface area (Å²) in [6, 6.07) is 10.5. The Kier molecular flexibility index (Phi) is 6.75. The van der Waals surface area contributed by atoms with Crippen LogP contribution >= 0.6 is 34.8 Å². The molecule has 2 rings (SSSR count). The van der Waals surface area contributed by atoms with Gasteiger partial charge in [0, 0.05) is 16.3 Å². The van der Waals surface area contributed by atoms with Gasteiger partial charge in [-0.25, -0.2) is 0 Å². The molecular weight excluding hydrogens is 371 g/mol. The smallest absolute Gasteiger partial charge is 0.279 e. The summed E-state index contributed by atoms with van der Waals surface area (Å²) in [5, 5.41) is 6.32. The second-order valence-corrected chi connectivity index (χ2v) is 6.54. The van der Waals surface area contributed by atoms with Crippen molar-refractivity contribution in [2.45, 2.75) is 13.0 Å². The summed E-state index contributed by atoms with van der Waals surface area (Å²) < 4.78 is 5.08. The number of hydrogen-bond donors (Lipinski definition) is 2. The third kappa shape index (κ3) is 5.02. The van der Waals surface area contributed by atoms with Gasteiger partial charge in [-0.15, -0.1) is 0 Å². The van der Waals surface area contributed by atoms with Crippen LogP contribution in [0.2, 0.25) is 15.1 Å². The lowest BCUT2D eigenvalue weighted by Crippen LogP contribution is -2.86. The van der Waals surface area contributed by atoms with Gasteiger partial charge in [-0.1, -0.05) is 40.9 Å². The molecule has 4 nitrogen and oxygen atoms in total. The second kappa shape index (κ2) is 8.58. The molecule has 0 unspecified atom stereocenters. The minimum absolute atomic E-state index is 0.0278. The van der Waals surface area contributed by atoms with Crippen molar-refractivity contribution in [2.75, 3.05) is 19.0 Å². The van der Waals surface area contributed by atoms with Crippen molar-refractivity contribution in [3.05, 3.63) is 57.0 Å². The number of halogens is 3. The predicted molar refractivity (Wildman–Crippen MR) is 98.3 cm³/mol. The molecule has 1 atom stereocenters. The van der Waals surface area contributed by atoms with Crippen LogP contribution in [-0.2, 0) is 4.79 Å². The van der Waals surface area contributed by atoms with Crippen LogP contribution in [0.25, 0.3) is 0 Å². The molecule has 3 N–H and O–H groups in total.